The second kappa shape index (κ2) is 10.5. The topological polar surface area (TPSA) is 73.6 Å². The molecule has 2 N–H and O–H groups in total. The lowest BCUT2D eigenvalue weighted by molar-refractivity contribution is -0.0451. The SMILES string of the molecule is O=C(O)c1ccc(Cn2ccc3/c2=C/CCN\C=C(N2CCC4(CC2)CN(Cc2cccnc2)C4)/C=3)cc1. The van der Waals surface area contributed by atoms with Crippen molar-refractivity contribution >= 4 is 18.1 Å². The molecule has 3 aliphatic rings. The van der Waals surface area contributed by atoms with Crippen LogP contribution in [0.25, 0.3) is 12.2 Å². The van der Waals surface area contributed by atoms with Crippen LogP contribution >= 0.6 is 0 Å². The summed E-state index contributed by atoms with van der Waals surface area (Å²) < 4.78 is 2.26. The Balaban J connectivity index is 1.13. The molecule has 2 aromatic heterocycles. The van der Waals surface area contributed by atoms with Gasteiger partial charge in [-0.15, -0.1) is 0 Å². The lowest BCUT2D eigenvalue weighted by Gasteiger charge is -2.54. The van der Waals surface area contributed by atoms with Gasteiger partial charge in [-0.3, -0.25) is 9.88 Å². The van der Waals surface area contributed by atoms with Crippen molar-refractivity contribution in [2.75, 3.05) is 32.7 Å². The molecular formula is C31H35N5O2. The number of hydrogen-bond acceptors (Lipinski definition) is 5. The highest BCUT2D eigenvalue weighted by molar-refractivity contribution is 5.87. The summed E-state index contributed by atoms with van der Waals surface area (Å²) in [5.41, 5.74) is 4.43. The zero-order valence-corrected chi connectivity index (χ0v) is 21.7. The van der Waals surface area contributed by atoms with E-state index in [9.17, 15) is 9.90 Å². The summed E-state index contributed by atoms with van der Waals surface area (Å²) in [6, 6.07) is 13.6. The first kappa shape index (κ1) is 24.5. The molecule has 6 rings (SSSR count). The lowest BCUT2D eigenvalue weighted by Crippen LogP contribution is -2.59. The van der Waals surface area contributed by atoms with Crippen LogP contribution in [-0.2, 0) is 13.1 Å². The molecule has 0 unspecified atom stereocenters. The Kier molecular flexibility index (Phi) is 6.77. The smallest absolute Gasteiger partial charge is 0.335 e. The molecule has 2 saturated heterocycles. The van der Waals surface area contributed by atoms with E-state index in [1.807, 2.05) is 30.6 Å². The first-order chi connectivity index (χ1) is 18.6. The summed E-state index contributed by atoms with van der Waals surface area (Å²) in [7, 11) is 0. The zero-order valence-electron chi connectivity index (χ0n) is 21.7. The number of nitrogens with zero attached hydrogens (tertiary/aromatic N) is 4. The average Bonchev–Trinajstić information content (AvgIpc) is 3.32. The minimum atomic E-state index is -0.892. The summed E-state index contributed by atoms with van der Waals surface area (Å²) in [4.78, 5) is 20.5. The first-order valence-electron chi connectivity index (χ1n) is 13.6. The molecule has 5 heterocycles. The molecular weight excluding hydrogens is 474 g/mol. The molecule has 7 heteroatoms. The van der Waals surface area contributed by atoms with E-state index in [4.69, 9.17) is 0 Å². The van der Waals surface area contributed by atoms with Gasteiger partial charge in [0.2, 0.25) is 0 Å². The minimum Gasteiger partial charge on any atom is -0.478 e. The van der Waals surface area contributed by atoms with Crippen LogP contribution in [0.5, 0.6) is 0 Å². The number of hydrogen-bond donors (Lipinski definition) is 2. The number of aromatic nitrogens is 2. The third kappa shape index (κ3) is 5.24. The molecule has 2 fully saturated rings. The molecule has 0 aliphatic carbocycles. The number of carboxylic acid groups (broad SMARTS) is 1. The van der Waals surface area contributed by atoms with Gasteiger partial charge in [0.25, 0.3) is 0 Å². The van der Waals surface area contributed by atoms with Crippen molar-refractivity contribution < 1.29 is 9.90 Å². The molecule has 196 valence electrons. The van der Waals surface area contributed by atoms with Crippen molar-refractivity contribution in [3.05, 3.63) is 100 Å². The number of allylic oxidation sites excluding steroid dienone is 1. The third-order valence-corrected chi connectivity index (χ3v) is 8.21. The number of benzene rings is 1. The first-order valence-corrected chi connectivity index (χ1v) is 13.6. The second-order valence-electron chi connectivity index (χ2n) is 10.9. The number of nitrogens with one attached hydrogen (secondary N) is 1. The fourth-order valence-corrected chi connectivity index (χ4v) is 6.12. The Labute approximate surface area is 223 Å². The van der Waals surface area contributed by atoms with E-state index < -0.39 is 5.97 Å². The normalized spacial score (nSPS) is 22.1. The highest BCUT2D eigenvalue weighted by Crippen LogP contribution is 2.41. The van der Waals surface area contributed by atoms with Gasteiger partial charge >= 0.3 is 5.97 Å². The molecule has 0 bridgehead atoms. The van der Waals surface area contributed by atoms with E-state index in [0.29, 0.717) is 17.5 Å². The highest BCUT2D eigenvalue weighted by atomic mass is 16.4. The maximum absolute atomic E-state index is 11.2. The van der Waals surface area contributed by atoms with Crippen LogP contribution in [0.3, 0.4) is 0 Å². The molecule has 1 aromatic carbocycles. The van der Waals surface area contributed by atoms with E-state index in [-0.39, 0.29) is 0 Å². The van der Waals surface area contributed by atoms with E-state index in [1.165, 1.54) is 47.8 Å². The molecule has 0 atom stereocenters. The van der Waals surface area contributed by atoms with E-state index in [2.05, 4.69) is 61.3 Å². The van der Waals surface area contributed by atoms with E-state index >= 15 is 0 Å². The van der Waals surface area contributed by atoms with Crippen molar-refractivity contribution in [1.82, 2.24) is 24.7 Å². The van der Waals surface area contributed by atoms with Crippen molar-refractivity contribution in [2.24, 2.45) is 5.41 Å². The summed E-state index contributed by atoms with van der Waals surface area (Å²) in [5.74, 6) is -0.892. The fourth-order valence-electron chi connectivity index (χ4n) is 6.12. The van der Waals surface area contributed by atoms with Crippen LogP contribution in [0.2, 0.25) is 0 Å². The Morgan fingerprint density at radius 3 is 2.58 bits per heavy atom. The monoisotopic (exact) mass is 509 g/mol. The van der Waals surface area contributed by atoms with E-state index in [0.717, 1.165) is 38.2 Å². The van der Waals surface area contributed by atoms with Crippen molar-refractivity contribution in [3.63, 3.8) is 0 Å². The summed E-state index contributed by atoms with van der Waals surface area (Å²) in [6.45, 7) is 7.16. The van der Waals surface area contributed by atoms with Crippen LogP contribution in [0.4, 0.5) is 0 Å². The van der Waals surface area contributed by atoms with Gasteiger partial charge in [-0.05, 0) is 66.1 Å². The lowest BCUT2D eigenvalue weighted by atomic mass is 9.72. The number of carboxylic acids is 1. The van der Waals surface area contributed by atoms with Crippen LogP contribution in [0.1, 0.15) is 40.7 Å². The van der Waals surface area contributed by atoms with Gasteiger partial charge in [-0.2, -0.15) is 0 Å². The van der Waals surface area contributed by atoms with Gasteiger partial charge in [0.1, 0.15) is 0 Å². The van der Waals surface area contributed by atoms with Gasteiger partial charge in [0.15, 0.2) is 0 Å². The number of carbonyl (C=O) groups is 1. The predicted molar refractivity (Wildman–Crippen MR) is 149 cm³/mol. The Morgan fingerprint density at radius 1 is 1.03 bits per heavy atom. The molecule has 3 aliphatic heterocycles. The largest absolute Gasteiger partial charge is 0.478 e. The van der Waals surface area contributed by atoms with Crippen molar-refractivity contribution in [2.45, 2.75) is 32.4 Å². The van der Waals surface area contributed by atoms with Gasteiger partial charge in [0.05, 0.1) is 11.3 Å². The zero-order chi connectivity index (χ0) is 26.0. The van der Waals surface area contributed by atoms with Gasteiger partial charge in [-0.25, -0.2) is 4.79 Å². The van der Waals surface area contributed by atoms with Gasteiger partial charge in [-0.1, -0.05) is 24.3 Å². The predicted octanol–water partition coefficient (Wildman–Crippen LogP) is 2.62. The molecule has 0 radical (unpaired) electrons. The summed E-state index contributed by atoms with van der Waals surface area (Å²) in [5, 5.41) is 15.2. The van der Waals surface area contributed by atoms with Crippen LogP contribution < -0.4 is 15.9 Å². The molecule has 38 heavy (non-hydrogen) atoms. The third-order valence-electron chi connectivity index (χ3n) is 8.21. The van der Waals surface area contributed by atoms with Crippen LogP contribution in [-0.4, -0.2) is 63.2 Å². The molecule has 0 saturated carbocycles. The molecule has 1 spiro atoms. The van der Waals surface area contributed by atoms with Crippen molar-refractivity contribution in [3.8, 4) is 0 Å². The van der Waals surface area contributed by atoms with Crippen molar-refractivity contribution in [1.29, 1.82) is 0 Å². The number of rotatable bonds is 6. The fraction of sp³-hybridized carbons (Fsp3) is 0.355. The molecule has 7 nitrogen and oxygen atoms in total. The molecule has 3 aromatic rings. The van der Waals surface area contributed by atoms with Crippen LogP contribution in [0, 0.1) is 5.41 Å². The Hall–Kier alpha value is -3.84. The van der Waals surface area contributed by atoms with Gasteiger partial charge < -0.3 is 19.9 Å². The summed E-state index contributed by atoms with van der Waals surface area (Å²) in [6.07, 6.45) is 16.2. The number of piperidine rings is 1. The maximum atomic E-state index is 11.2. The maximum Gasteiger partial charge on any atom is 0.335 e. The second-order valence-corrected chi connectivity index (χ2v) is 10.9. The average molecular weight is 510 g/mol. The highest BCUT2D eigenvalue weighted by Gasteiger charge is 2.44. The van der Waals surface area contributed by atoms with E-state index in [1.54, 1.807) is 12.1 Å². The summed E-state index contributed by atoms with van der Waals surface area (Å²) >= 11 is 0. The van der Waals surface area contributed by atoms with Gasteiger partial charge in [0, 0.05) is 81.2 Å². The Morgan fingerprint density at radius 2 is 1.84 bits per heavy atom. The number of fused-ring (bicyclic) bond motifs is 1. The molecule has 0 amide bonds. The number of likely N-dealkylation sites (tertiary alicyclic amines) is 2. The number of pyridine rings is 1. The quantitative estimate of drug-likeness (QED) is 0.532. The standard InChI is InChI=1S/C31H35N5O2/c37-30(38)26-7-5-24(6-8-26)21-36-14-9-27-17-28(19-33-13-2-4-29(27)36)35-15-10-31(11-16-35)22-34(23-31)20-25-3-1-12-32-18-25/h1,3-9,12,14,17-19,33H,2,10-11,13,15-16,20-23H2,(H,37,38)/b27-17+,28-19+,29-4-. The number of aromatic carboxylic acids is 1. The Bertz CT molecular complexity index is 1430. The minimum absolute atomic E-state index is 0.320. The van der Waals surface area contributed by atoms with Crippen LogP contribution in [0.15, 0.2) is 73.0 Å².